The number of carbonyl (C=O) groups excluding carboxylic acids is 2. The quantitative estimate of drug-likeness (QED) is 0.732. The standard InChI is InChI=1S/C22H30N2O4/c1-15(17-4-5-17)12-21(25)23-14-16-8-10-24(11-9-16)22(26)18-6-7-19(27-2)20(13-18)28-3/h6-7,12-13,16-17H,4-5,8-11,14H2,1-3H3,(H,23,25)/b15-12+. The molecule has 1 aromatic carbocycles. The Morgan fingerprint density at radius 1 is 1.11 bits per heavy atom. The van der Waals surface area contributed by atoms with E-state index in [0.29, 0.717) is 48.5 Å². The molecule has 0 radical (unpaired) electrons. The Labute approximate surface area is 166 Å². The van der Waals surface area contributed by atoms with Crippen molar-refractivity contribution in [3.63, 3.8) is 0 Å². The van der Waals surface area contributed by atoms with Crippen molar-refractivity contribution in [3.05, 3.63) is 35.4 Å². The lowest BCUT2D eigenvalue weighted by Crippen LogP contribution is -2.41. The average Bonchev–Trinajstić information content (AvgIpc) is 3.57. The van der Waals surface area contributed by atoms with Crippen molar-refractivity contribution in [2.45, 2.75) is 32.6 Å². The van der Waals surface area contributed by atoms with Crippen LogP contribution in [0.5, 0.6) is 11.5 Å². The third-order valence-electron chi connectivity index (χ3n) is 5.68. The van der Waals surface area contributed by atoms with E-state index < -0.39 is 0 Å². The van der Waals surface area contributed by atoms with Crippen LogP contribution in [0, 0.1) is 11.8 Å². The van der Waals surface area contributed by atoms with Crippen molar-refractivity contribution in [1.29, 1.82) is 0 Å². The molecule has 0 bridgehead atoms. The number of nitrogens with zero attached hydrogens (tertiary/aromatic N) is 1. The second-order valence-electron chi connectivity index (χ2n) is 7.71. The van der Waals surface area contributed by atoms with Gasteiger partial charge in [0, 0.05) is 31.3 Å². The molecule has 2 amide bonds. The van der Waals surface area contributed by atoms with E-state index in [1.54, 1.807) is 38.5 Å². The van der Waals surface area contributed by atoms with Crippen molar-refractivity contribution in [2.24, 2.45) is 11.8 Å². The van der Waals surface area contributed by atoms with Crippen LogP contribution in [-0.4, -0.2) is 50.6 Å². The molecule has 1 aliphatic carbocycles. The van der Waals surface area contributed by atoms with Crippen LogP contribution in [0.25, 0.3) is 0 Å². The lowest BCUT2D eigenvalue weighted by Gasteiger charge is -2.32. The molecule has 0 atom stereocenters. The monoisotopic (exact) mass is 386 g/mol. The maximum absolute atomic E-state index is 12.8. The Morgan fingerprint density at radius 2 is 1.79 bits per heavy atom. The Morgan fingerprint density at radius 3 is 2.39 bits per heavy atom. The van der Waals surface area contributed by atoms with Gasteiger partial charge in [0.05, 0.1) is 14.2 Å². The molecule has 3 rings (SSSR count). The number of hydrogen-bond acceptors (Lipinski definition) is 4. The van der Waals surface area contributed by atoms with Gasteiger partial charge in [-0.3, -0.25) is 9.59 Å². The molecule has 1 N–H and O–H groups in total. The van der Waals surface area contributed by atoms with Gasteiger partial charge >= 0.3 is 0 Å². The molecule has 0 aromatic heterocycles. The molecule has 1 heterocycles. The lowest BCUT2D eigenvalue weighted by atomic mass is 9.96. The average molecular weight is 386 g/mol. The highest BCUT2D eigenvalue weighted by molar-refractivity contribution is 5.95. The Hall–Kier alpha value is -2.50. The van der Waals surface area contributed by atoms with Gasteiger partial charge in [-0.15, -0.1) is 0 Å². The molecule has 28 heavy (non-hydrogen) atoms. The number of nitrogens with one attached hydrogen (secondary N) is 1. The van der Waals surface area contributed by atoms with E-state index in [4.69, 9.17) is 9.47 Å². The predicted octanol–water partition coefficient (Wildman–Crippen LogP) is 3.03. The van der Waals surface area contributed by atoms with Crippen LogP contribution in [0.4, 0.5) is 0 Å². The summed E-state index contributed by atoms with van der Waals surface area (Å²) in [5, 5.41) is 3.02. The molecular weight excluding hydrogens is 356 g/mol. The SMILES string of the molecule is COc1ccc(C(=O)N2CCC(CNC(=O)/C=C(\C)C3CC3)CC2)cc1OC. The first kappa shape index (κ1) is 20.2. The number of rotatable bonds is 7. The fraction of sp³-hybridized carbons (Fsp3) is 0.545. The normalized spacial score (nSPS) is 18.0. The number of ether oxygens (including phenoxy) is 2. The van der Waals surface area contributed by atoms with E-state index in [1.165, 1.54) is 18.4 Å². The van der Waals surface area contributed by atoms with Crippen LogP contribution in [0.3, 0.4) is 0 Å². The maximum Gasteiger partial charge on any atom is 0.253 e. The fourth-order valence-electron chi connectivity index (χ4n) is 3.65. The number of benzene rings is 1. The van der Waals surface area contributed by atoms with E-state index in [-0.39, 0.29) is 11.8 Å². The van der Waals surface area contributed by atoms with Crippen LogP contribution >= 0.6 is 0 Å². The molecule has 152 valence electrons. The first-order chi connectivity index (χ1) is 13.5. The summed E-state index contributed by atoms with van der Waals surface area (Å²) in [5.74, 6) is 2.21. The van der Waals surface area contributed by atoms with Crippen LogP contribution in [0.1, 0.15) is 43.0 Å². The van der Waals surface area contributed by atoms with Gasteiger partial charge in [-0.05, 0) is 62.6 Å². The third kappa shape index (κ3) is 5.06. The number of allylic oxidation sites excluding steroid dienone is 1. The van der Waals surface area contributed by atoms with Gasteiger partial charge in [-0.1, -0.05) is 5.57 Å². The predicted molar refractivity (Wildman–Crippen MR) is 108 cm³/mol. The van der Waals surface area contributed by atoms with Crippen LogP contribution in [-0.2, 0) is 4.79 Å². The van der Waals surface area contributed by atoms with Gasteiger partial charge < -0.3 is 19.7 Å². The second kappa shape index (κ2) is 9.13. The Kier molecular flexibility index (Phi) is 6.60. The van der Waals surface area contributed by atoms with Crippen LogP contribution in [0.15, 0.2) is 29.8 Å². The summed E-state index contributed by atoms with van der Waals surface area (Å²) in [6, 6.07) is 5.25. The summed E-state index contributed by atoms with van der Waals surface area (Å²) in [7, 11) is 3.14. The highest BCUT2D eigenvalue weighted by Gasteiger charge is 2.25. The molecule has 2 aliphatic rings. The zero-order chi connectivity index (χ0) is 20.1. The van der Waals surface area contributed by atoms with Crippen molar-refractivity contribution < 1.29 is 19.1 Å². The number of likely N-dealkylation sites (tertiary alicyclic amines) is 1. The molecular formula is C22H30N2O4. The molecule has 0 spiro atoms. The molecule has 1 aromatic rings. The van der Waals surface area contributed by atoms with E-state index in [9.17, 15) is 9.59 Å². The smallest absolute Gasteiger partial charge is 0.253 e. The number of methoxy groups -OCH3 is 2. The molecule has 1 aliphatic heterocycles. The summed E-state index contributed by atoms with van der Waals surface area (Å²) >= 11 is 0. The van der Waals surface area contributed by atoms with E-state index in [1.807, 2.05) is 11.8 Å². The van der Waals surface area contributed by atoms with Crippen molar-refractivity contribution in [2.75, 3.05) is 33.9 Å². The summed E-state index contributed by atoms with van der Waals surface area (Å²) in [5.41, 5.74) is 1.79. The van der Waals surface area contributed by atoms with E-state index in [2.05, 4.69) is 5.32 Å². The van der Waals surface area contributed by atoms with Crippen molar-refractivity contribution in [1.82, 2.24) is 10.2 Å². The van der Waals surface area contributed by atoms with Crippen LogP contribution in [0.2, 0.25) is 0 Å². The van der Waals surface area contributed by atoms with E-state index >= 15 is 0 Å². The highest BCUT2D eigenvalue weighted by atomic mass is 16.5. The van der Waals surface area contributed by atoms with E-state index in [0.717, 1.165) is 12.8 Å². The first-order valence-electron chi connectivity index (χ1n) is 9.99. The van der Waals surface area contributed by atoms with Crippen LogP contribution < -0.4 is 14.8 Å². The lowest BCUT2D eigenvalue weighted by molar-refractivity contribution is -0.116. The Balaban J connectivity index is 1.47. The summed E-state index contributed by atoms with van der Waals surface area (Å²) < 4.78 is 10.5. The fourth-order valence-corrected chi connectivity index (χ4v) is 3.65. The van der Waals surface area contributed by atoms with Gasteiger partial charge in [0.1, 0.15) is 0 Å². The molecule has 1 saturated carbocycles. The number of hydrogen-bond donors (Lipinski definition) is 1. The molecule has 6 nitrogen and oxygen atoms in total. The zero-order valence-electron chi connectivity index (χ0n) is 17.0. The maximum atomic E-state index is 12.8. The van der Waals surface area contributed by atoms with Gasteiger partial charge in [0.25, 0.3) is 5.91 Å². The molecule has 0 unspecified atom stereocenters. The summed E-state index contributed by atoms with van der Waals surface area (Å²) in [6.07, 6.45) is 5.95. The molecule has 1 saturated heterocycles. The number of carbonyl (C=O) groups is 2. The zero-order valence-corrected chi connectivity index (χ0v) is 17.0. The van der Waals surface area contributed by atoms with Gasteiger partial charge in [-0.2, -0.15) is 0 Å². The van der Waals surface area contributed by atoms with Gasteiger partial charge in [-0.25, -0.2) is 0 Å². The third-order valence-corrected chi connectivity index (χ3v) is 5.68. The second-order valence-corrected chi connectivity index (χ2v) is 7.71. The highest BCUT2D eigenvalue weighted by Crippen LogP contribution is 2.35. The minimum absolute atomic E-state index is 0.00595. The largest absolute Gasteiger partial charge is 0.493 e. The summed E-state index contributed by atoms with van der Waals surface area (Å²) in [6.45, 7) is 4.11. The van der Waals surface area contributed by atoms with Gasteiger partial charge in [0.2, 0.25) is 5.91 Å². The minimum atomic E-state index is 0.00595. The molecule has 6 heteroatoms. The van der Waals surface area contributed by atoms with Crippen molar-refractivity contribution in [3.8, 4) is 11.5 Å². The topological polar surface area (TPSA) is 67.9 Å². The van der Waals surface area contributed by atoms with Gasteiger partial charge in [0.15, 0.2) is 11.5 Å². The Bertz CT molecular complexity index is 747. The number of piperidine rings is 1. The minimum Gasteiger partial charge on any atom is -0.493 e. The first-order valence-corrected chi connectivity index (χ1v) is 9.99. The van der Waals surface area contributed by atoms with Crippen molar-refractivity contribution >= 4 is 11.8 Å². The molecule has 2 fully saturated rings. The summed E-state index contributed by atoms with van der Waals surface area (Å²) in [4.78, 5) is 26.7. The number of amides is 2.